The third-order valence-corrected chi connectivity index (χ3v) is 5.73. The predicted molar refractivity (Wildman–Crippen MR) is 96.9 cm³/mol. The van der Waals surface area contributed by atoms with Gasteiger partial charge in [0.25, 0.3) is 5.91 Å². The van der Waals surface area contributed by atoms with E-state index in [2.05, 4.69) is 15.3 Å². The number of fused-ring (bicyclic) bond motifs is 2. The van der Waals surface area contributed by atoms with E-state index < -0.39 is 0 Å². The maximum Gasteiger partial charge on any atom is 0.257 e. The standard InChI is InChI=1S/C16H10ClN3OS2/c1-8-2-4-10(17)14-13(8)19-16(23-14)20-15(21)9-3-5-11-12(6-9)22-7-18-11/h2-7H,1H3,(H,19,20,21). The highest BCUT2D eigenvalue weighted by Gasteiger charge is 2.13. The van der Waals surface area contributed by atoms with Gasteiger partial charge in [-0.1, -0.05) is 29.0 Å². The van der Waals surface area contributed by atoms with E-state index in [9.17, 15) is 4.79 Å². The van der Waals surface area contributed by atoms with Crippen molar-refractivity contribution in [3.63, 3.8) is 0 Å². The van der Waals surface area contributed by atoms with Gasteiger partial charge in [-0.3, -0.25) is 10.1 Å². The quantitative estimate of drug-likeness (QED) is 0.540. The fourth-order valence-corrected chi connectivity index (χ4v) is 4.25. The lowest BCUT2D eigenvalue weighted by Crippen LogP contribution is -2.11. The summed E-state index contributed by atoms with van der Waals surface area (Å²) >= 11 is 9.09. The van der Waals surface area contributed by atoms with Crippen LogP contribution in [-0.4, -0.2) is 15.9 Å². The fourth-order valence-electron chi connectivity index (χ4n) is 2.32. The molecule has 2 aromatic heterocycles. The number of carbonyl (C=O) groups excluding carboxylic acids is 1. The normalized spacial score (nSPS) is 11.2. The largest absolute Gasteiger partial charge is 0.298 e. The van der Waals surface area contributed by atoms with Crippen LogP contribution in [0.3, 0.4) is 0 Å². The van der Waals surface area contributed by atoms with Gasteiger partial charge in [-0.15, -0.1) is 11.3 Å². The molecule has 1 N–H and O–H groups in total. The summed E-state index contributed by atoms with van der Waals surface area (Å²) in [6.07, 6.45) is 0. The molecule has 0 saturated carbocycles. The minimum atomic E-state index is -0.187. The first-order valence-electron chi connectivity index (χ1n) is 6.82. The molecule has 0 atom stereocenters. The van der Waals surface area contributed by atoms with Crippen LogP contribution in [0.2, 0.25) is 5.02 Å². The van der Waals surface area contributed by atoms with E-state index in [1.807, 2.05) is 31.2 Å². The van der Waals surface area contributed by atoms with Gasteiger partial charge in [0.1, 0.15) is 0 Å². The molecule has 4 rings (SSSR count). The Balaban J connectivity index is 1.68. The van der Waals surface area contributed by atoms with Crippen molar-refractivity contribution in [2.24, 2.45) is 0 Å². The maximum atomic E-state index is 12.4. The lowest BCUT2D eigenvalue weighted by atomic mass is 10.2. The number of nitrogens with zero attached hydrogens (tertiary/aromatic N) is 2. The Labute approximate surface area is 144 Å². The Morgan fingerprint density at radius 2 is 2.13 bits per heavy atom. The first-order valence-corrected chi connectivity index (χ1v) is 8.89. The van der Waals surface area contributed by atoms with Crippen molar-refractivity contribution >= 4 is 65.7 Å². The second kappa shape index (κ2) is 5.56. The van der Waals surface area contributed by atoms with Crippen molar-refractivity contribution < 1.29 is 4.79 Å². The molecule has 7 heteroatoms. The maximum absolute atomic E-state index is 12.4. The molecule has 0 aliphatic carbocycles. The number of nitrogens with one attached hydrogen (secondary N) is 1. The van der Waals surface area contributed by atoms with E-state index in [0.717, 1.165) is 26.0 Å². The number of amides is 1. The van der Waals surface area contributed by atoms with E-state index in [1.54, 1.807) is 11.6 Å². The first kappa shape index (κ1) is 14.6. The Bertz CT molecular complexity index is 1020. The summed E-state index contributed by atoms with van der Waals surface area (Å²) < 4.78 is 1.88. The minimum Gasteiger partial charge on any atom is -0.298 e. The number of hydrogen-bond acceptors (Lipinski definition) is 5. The van der Waals surface area contributed by atoms with E-state index in [0.29, 0.717) is 15.7 Å². The summed E-state index contributed by atoms with van der Waals surface area (Å²) in [6.45, 7) is 1.97. The molecule has 114 valence electrons. The van der Waals surface area contributed by atoms with Crippen LogP contribution in [0, 0.1) is 6.92 Å². The molecule has 0 radical (unpaired) electrons. The molecule has 1 amide bonds. The van der Waals surface area contributed by atoms with Crippen LogP contribution in [0.4, 0.5) is 5.13 Å². The third-order valence-electron chi connectivity index (χ3n) is 3.51. The average Bonchev–Trinajstić information content (AvgIpc) is 3.17. The molecule has 0 aliphatic rings. The summed E-state index contributed by atoms with van der Waals surface area (Å²) in [7, 11) is 0. The van der Waals surface area contributed by atoms with Gasteiger partial charge in [-0.25, -0.2) is 9.97 Å². The third kappa shape index (κ3) is 2.59. The molecular weight excluding hydrogens is 350 g/mol. The van der Waals surface area contributed by atoms with Gasteiger partial charge in [0.05, 0.1) is 31.0 Å². The van der Waals surface area contributed by atoms with Crippen LogP contribution >= 0.6 is 34.3 Å². The number of anilines is 1. The van der Waals surface area contributed by atoms with Gasteiger partial charge in [-0.05, 0) is 36.8 Å². The van der Waals surface area contributed by atoms with Crippen LogP contribution in [-0.2, 0) is 0 Å². The Kier molecular flexibility index (Phi) is 3.52. The Morgan fingerprint density at radius 3 is 2.96 bits per heavy atom. The SMILES string of the molecule is Cc1ccc(Cl)c2sc(NC(=O)c3ccc4ncsc4c3)nc12. The zero-order valence-corrected chi connectivity index (χ0v) is 14.4. The Morgan fingerprint density at radius 1 is 1.26 bits per heavy atom. The zero-order chi connectivity index (χ0) is 16.0. The zero-order valence-electron chi connectivity index (χ0n) is 12.0. The van der Waals surface area contributed by atoms with Crippen molar-refractivity contribution in [2.75, 3.05) is 5.32 Å². The van der Waals surface area contributed by atoms with Gasteiger partial charge in [0, 0.05) is 5.56 Å². The van der Waals surface area contributed by atoms with Crippen molar-refractivity contribution in [3.05, 3.63) is 52.0 Å². The second-order valence-electron chi connectivity index (χ2n) is 5.05. The molecule has 2 heterocycles. The number of thiazole rings is 2. The topological polar surface area (TPSA) is 54.9 Å². The van der Waals surface area contributed by atoms with Crippen molar-refractivity contribution in [1.82, 2.24) is 9.97 Å². The lowest BCUT2D eigenvalue weighted by Gasteiger charge is -2.01. The molecule has 4 aromatic rings. The van der Waals surface area contributed by atoms with Gasteiger partial charge in [0.15, 0.2) is 5.13 Å². The van der Waals surface area contributed by atoms with Gasteiger partial charge >= 0.3 is 0 Å². The molecule has 4 nitrogen and oxygen atoms in total. The highest BCUT2D eigenvalue weighted by molar-refractivity contribution is 7.23. The monoisotopic (exact) mass is 359 g/mol. The van der Waals surface area contributed by atoms with E-state index in [1.165, 1.54) is 22.7 Å². The van der Waals surface area contributed by atoms with Crippen LogP contribution < -0.4 is 5.32 Å². The molecule has 0 fully saturated rings. The number of aromatic nitrogens is 2. The molecular formula is C16H10ClN3OS2. The smallest absolute Gasteiger partial charge is 0.257 e. The van der Waals surface area contributed by atoms with Crippen molar-refractivity contribution in [3.8, 4) is 0 Å². The minimum absolute atomic E-state index is 0.187. The Hall–Kier alpha value is -2.02. The summed E-state index contributed by atoms with van der Waals surface area (Å²) in [5.74, 6) is -0.187. The molecule has 0 saturated heterocycles. The molecule has 2 aromatic carbocycles. The van der Waals surface area contributed by atoms with Gasteiger partial charge in [0.2, 0.25) is 0 Å². The number of carbonyl (C=O) groups is 1. The first-order chi connectivity index (χ1) is 11.1. The molecule has 23 heavy (non-hydrogen) atoms. The summed E-state index contributed by atoms with van der Waals surface area (Å²) in [5, 5.41) is 4.05. The van der Waals surface area contributed by atoms with Crippen LogP contribution in [0.25, 0.3) is 20.4 Å². The molecule has 0 unspecified atom stereocenters. The van der Waals surface area contributed by atoms with Gasteiger partial charge < -0.3 is 0 Å². The summed E-state index contributed by atoms with van der Waals surface area (Å²) in [5.41, 5.74) is 5.12. The van der Waals surface area contributed by atoms with E-state index in [-0.39, 0.29) is 5.91 Å². The van der Waals surface area contributed by atoms with Crippen LogP contribution in [0.5, 0.6) is 0 Å². The second-order valence-corrected chi connectivity index (χ2v) is 7.34. The number of aryl methyl sites for hydroxylation is 1. The number of rotatable bonds is 2. The molecule has 0 spiro atoms. The molecule has 0 bridgehead atoms. The number of hydrogen-bond donors (Lipinski definition) is 1. The van der Waals surface area contributed by atoms with Crippen LogP contribution in [0.15, 0.2) is 35.8 Å². The van der Waals surface area contributed by atoms with Crippen molar-refractivity contribution in [2.45, 2.75) is 6.92 Å². The van der Waals surface area contributed by atoms with E-state index >= 15 is 0 Å². The number of benzene rings is 2. The van der Waals surface area contributed by atoms with Gasteiger partial charge in [-0.2, -0.15) is 0 Å². The highest BCUT2D eigenvalue weighted by atomic mass is 35.5. The lowest BCUT2D eigenvalue weighted by molar-refractivity contribution is 0.102. The predicted octanol–water partition coefficient (Wildman–Crippen LogP) is 5.12. The summed E-state index contributed by atoms with van der Waals surface area (Å²) in [6, 6.07) is 9.23. The molecule has 0 aliphatic heterocycles. The summed E-state index contributed by atoms with van der Waals surface area (Å²) in [4.78, 5) is 21.1. The highest BCUT2D eigenvalue weighted by Crippen LogP contribution is 2.34. The number of halogens is 1. The average molecular weight is 360 g/mol. The van der Waals surface area contributed by atoms with E-state index in [4.69, 9.17) is 11.6 Å². The van der Waals surface area contributed by atoms with Crippen molar-refractivity contribution in [1.29, 1.82) is 0 Å². The fraction of sp³-hybridized carbons (Fsp3) is 0.0625. The van der Waals surface area contributed by atoms with Crippen LogP contribution in [0.1, 0.15) is 15.9 Å².